The standard InChI is InChI=1S/C24H35N5O3S/c1-5-29-23(17(2)25-21(30)15-18-11-13-20(32-4)14-12-18)26-27-24(29)33-16-22(31)28(3)19-9-7-6-8-10-19/h11-14,17,19H,5-10,15-16H2,1-4H3,(H,25,30)/t17-/m1/s1. The first-order chi connectivity index (χ1) is 15.9. The Morgan fingerprint density at radius 2 is 1.91 bits per heavy atom. The molecule has 8 nitrogen and oxygen atoms in total. The van der Waals surface area contributed by atoms with E-state index in [1.807, 2.05) is 54.6 Å². The first-order valence-electron chi connectivity index (χ1n) is 11.7. The van der Waals surface area contributed by atoms with Crippen LogP contribution in [-0.4, -0.2) is 57.4 Å². The van der Waals surface area contributed by atoms with E-state index in [0.29, 0.717) is 29.3 Å². The molecule has 1 aromatic heterocycles. The van der Waals surface area contributed by atoms with Crippen LogP contribution < -0.4 is 10.1 Å². The number of nitrogens with zero attached hydrogens (tertiary/aromatic N) is 4. The monoisotopic (exact) mass is 473 g/mol. The minimum absolute atomic E-state index is 0.0863. The van der Waals surface area contributed by atoms with Gasteiger partial charge in [0.2, 0.25) is 11.8 Å². The average molecular weight is 474 g/mol. The lowest BCUT2D eigenvalue weighted by Gasteiger charge is -2.31. The third kappa shape index (κ3) is 6.72. The summed E-state index contributed by atoms with van der Waals surface area (Å²) >= 11 is 1.41. The Hall–Kier alpha value is -2.55. The van der Waals surface area contributed by atoms with Crippen molar-refractivity contribution < 1.29 is 14.3 Å². The molecule has 0 unspecified atom stereocenters. The minimum atomic E-state index is -0.293. The molecule has 0 radical (unpaired) electrons. The van der Waals surface area contributed by atoms with Gasteiger partial charge in [0.05, 0.1) is 25.3 Å². The molecule has 1 heterocycles. The van der Waals surface area contributed by atoms with Gasteiger partial charge in [0.15, 0.2) is 11.0 Å². The number of nitrogens with one attached hydrogen (secondary N) is 1. The van der Waals surface area contributed by atoms with Crippen LogP contribution in [0.2, 0.25) is 0 Å². The molecule has 180 valence electrons. The smallest absolute Gasteiger partial charge is 0.233 e. The lowest BCUT2D eigenvalue weighted by molar-refractivity contribution is -0.129. The SMILES string of the molecule is CCn1c(SCC(=O)N(C)C2CCCCC2)nnc1[C@@H](C)NC(=O)Cc1ccc(OC)cc1. The number of thioether (sulfide) groups is 1. The highest BCUT2D eigenvalue weighted by Gasteiger charge is 2.24. The maximum Gasteiger partial charge on any atom is 0.233 e. The second-order valence-corrected chi connectivity index (χ2v) is 9.43. The highest BCUT2D eigenvalue weighted by Crippen LogP contribution is 2.24. The van der Waals surface area contributed by atoms with Crippen molar-refractivity contribution in [2.45, 2.75) is 76.2 Å². The van der Waals surface area contributed by atoms with Crippen LogP contribution in [0.3, 0.4) is 0 Å². The molecule has 2 amide bonds. The van der Waals surface area contributed by atoms with Crippen molar-refractivity contribution in [3.63, 3.8) is 0 Å². The van der Waals surface area contributed by atoms with Crippen molar-refractivity contribution in [1.82, 2.24) is 25.0 Å². The number of hydrogen-bond donors (Lipinski definition) is 1. The number of carbonyl (C=O) groups is 2. The molecule has 0 saturated heterocycles. The first kappa shape index (κ1) is 25.1. The van der Waals surface area contributed by atoms with Crippen LogP contribution in [0, 0.1) is 0 Å². The van der Waals surface area contributed by atoms with Gasteiger partial charge < -0.3 is 19.5 Å². The van der Waals surface area contributed by atoms with Gasteiger partial charge in [-0.2, -0.15) is 0 Å². The number of carbonyl (C=O) groups excluding carboxylic acids is 2. The summed E-state index contributed by atoms with van der Waals surface area (Å²) in [6.07, 6.45) is 6.13. The van der Waals surface area contributed by atoms with E-state index < -0.39 is 0 Å². The zero-order chi connectivity index (χ0) is 23.8. The minimum Gasteiger partial charge on any atom is -0.497 e. The predicted molar refractivity (Wildman–Crippen MR) is 129 cm³/mol. The van der Waals surface area contributed by atoms with E-state index in [1.165, 1.54) is 31.0 Å². The molecule has 33 heavy (non-hydrogen) atoms. The van der Waals surface area contributed by atoms with Gasteiger partial charge in [-0.05, 0) is 44.4 Å². The van der Waals surface area contributed by atoms with Crippen molar-refractivity contribution in [1.29, 1.82) is 0 Å². The topological polar surface area (TPSA) is 89.4 Å². The van der Waals surface area contributed by atoms with E-state index >= 15 is 0 Å². The molecule has 9 heteroatoms. The Kier molecular flexibility index (Phi) is 9.17. The summed E-state index contributed by atoms with van der Waals surface area (Å²) in [4.78, 5) is 27.1. The van der Waals surface area contributed by atoms with Crippen molar-refractivity contribution in [3.8, 4) is 5.75 Å². The molecule has 1 N–H and O–H groups in total. The van der Waals surface area contributed by atoms with Gasteiger partial charge in [-0.15, -0.1) is 10.2 Å². The number of rotatable bonds is 10. The normalized spacial score (nSPS) is 15.2. The fourth-order valence-electron chi connectivity index (χ4n) is 4.21. The van der Waals surface area contributed by atoms with E-state index in [4.69, 9.17) is 4.74 Å². The van der Waals surface area contributed by atoms with Gasteiger partial charge in [0.1, 0.15) is 5.75 Å². The summed E-state index contributed by atoms with van der Waals surface area (Å²) in [6.45, 7) is 4.58. The highest BCUT2D eigenvalue weighted by molar-refractivity contribution is 7.99. The van der Waals surface area contributed by atoms with Crippen molar-refractivity contribution in [2.75, 3.05) is 19.9 Å². The second-order valence-electron chi connectivity index (χ2n) is 8.48. The average Bonchev–Trinajstić information content (AvgIpc) is 3.26. The van der Waals surface area contributed by atoms with Crippen LogP contribution in [0.1, 0.15) is 63.4 Å². The van der Waals surface area contributed by atoms with Crippen LogP contribution in [0.4, 0.5) is 0 Å². The van der Waals surface area contributed by atoms with E-state index in [1.54, 1.807) is 7.11 Å². The molecule has 2 aromatic rings. The molecule has 0 bridgehead atoms. The Bertz CT molecular complexity index is 925. The van der Waals surface area contributed by atoms with Gasteiger partial charge >= 0.3 is 0 Å². The van der Waals surface area contributed by atoms with Crippen molar-refractivity contribution in [3.05, 3.63) is 35.7 Å². The number of aromatic nitrogens is 3. The maximum absolute atomic E-state index is 12.7. The molecular formula is C24H35N5O3S. The lowest BCUT2D eigenvalue weighted by Crippen LogP contribution is -2.39. The predicted octanol–water partition coefficient (Wildman–Crippen LogP) is 3.61. The Balaban J connectivity index is 1.55. The molecule has 1 atom stereocenters. The van der Waals surface area contributed by atoms with E-state index in [0.717, 1.165) is 24.2 Å². The van der Waals surface area contributed by atoms with Crippen LogP contribution in [-0.2, 0) is 22.6 Å². The first-order valence-corrected chi connectivity index (χ1v) is 12.6. The summed E-state index contributed by atoms with van der Waals surface area (Å²) in [6, 6.07) is 7.51. The number of methoxy groups -OCH3 is 1. The Labute approximate surface area is 200 Å². The second kappa shape index (κ2) is 12.1. The summed E-state index contributed by atoms with van der Waals surface area (Å²) in [7, 11) is 3.53. The van der Waals surface area contributed by atoms with E-state index in [2.05, 4.69) is 15.5 Å². The number of benzene rings is 1. The molecular weight excluding hydrogens is 438 g/mol. The largest absolute Gasteiger partial charge is 0.497 e. The van der Waals surface area contributed by atoms with Crippen LogP contribution in [0.25, 0.3) is 0 Å². The van der Waals surface area contributed by atoms with Crippen LogP contribution in [0.15, 0.2) is 29.4 Å². The molecule has 0 spiro atoms. The summed E-state index contributed by atoms with van der Waals surface area (Å²) in [5, 5.41) is 12.3. The quantitative estimate of drug-likeness (QED) is 0.530. The van der Waals surface area contributed by atoms with Gasteiger partial charge in [0.25, 0.3) is 0 Å². The fourth-order valence-corrected chi connectivity index (χ4v) is 5.14. The van der Waals surface area contributed by atoms with Crippen LogP contribution >= 0.6 is 11.8 Å². The van der Waals surface area contributed by atoms with Crippen LogP contribution in [0.5, 0.6) is 5.75 Å². The Morgan fingerprint density at radius 3 is 2.55 bits per heavy atom. The molecule has 3 rings (SSSR count). The van der Waals surface area contributed by atoms with Gasteiger partial charge in [-0.1, -0.05) is 43.2 Å². The molecule has 1 aromatic carbocycles. The molecule has 1 fully saturated rings. The summed E-state index contributed by atoms with van der Waals surface area (Å²) in [5.74, 6) is 1.83. The fraction of sp³-hybridized carbons (Fsp3) is 0.583. The third-order valence-corrected chi connectivity index (χ3v) is 7.14. The summed E-state index contributed by atoms with van der Waals surface area (Å²) in [5.41, 5.74) is 0.911. The van der Waals surface area contributed by atoms with Crippen molar-refractivity contribution in [2.24, 2.45) is 0 Å². The number of ether oxygens (including phenoxy) is 1. The maximum atomic E-state index is 12.7. The molecule has 1 aliphatic rings. The number of amides is 2. The molecule has 1 saturated carbocycles. The summed E-state index contributed by atoms with van der Waals surface area (Å²) < 4.78 is 7.13. The van der Waals surface area contributed by atoms with Crippen molar-refractivity contribution >= 4 is 23.6 Å². The van der Waals surface area contributed by atoms with Gasteiger partial charge in [0, 0.05) is 19.6 Å². The zero-order valence-corrected chi connectivity index (χ0v) is 20.9. The Morgan fingerprint density at radius 1 is 1.21 bits per heavy atom. The van der Waals surface area contributed by atoms with E-state index in [-0.39, 0.29) is 24.3 Å². The molecule has 0 aliphatic heterocycles. The number of hydrogen-bond acceptors (Lipinski definition) is 6. The zero-order valence-electron chi connectivity index (χ0n) is 20.0. The highest BCUT2D eigenvalue weighted by atomic mass is 32.2. The van der Waals surface area contributed by atoms with E-state index in [9.17, 15) is 9.59 Å². The third-order valence-electron chi connectivity index (χ3n) is 6.19. The molecule has 1 aliphatic carbocycles. The van der Waals surface area contributed by atoms with Gasteiger partial charge in [-0.3, -0.25) is 9.59 Å². The van der Waals surface area contributed by atoms with Gasteiger partial charge in [-0.25, -0.2) is 0 Å². The lowest BCUT2D eigenvalue weighted by atomic mass is 9.94.